The van der Waals surface area contributed by atoms with Gasteiger partial charge in [-0.25, -0.2) is 4.98 Å². The Hall–Kier alpha value is -1.98. The lowest BCUT2D eigenvalue weighted by molar-refractivity contribution is -0.121. The van der Waals surface area contributed by atoms with Crippen LogP contribution >= 0.6 is 0 Å². The van der Waals surface area contributed by atoms with Crippen molar-refractivity contribution in [1.82, 2.24) is 20.2 Å². The van der Waals surface area contributed by atoms with Crippen LogP contribution in [0.25, 0.3) is 0 Å². The molecule has 2 amide bonds. The van der Waals surface area contributed by atoms with Crippen molar-refractivity contribution in [2.45, 2.75) is 46.5 Å². The molecule has 0 saturated carbocycles. The zero-order valence-electron chi connectivity index (χ0n) is 14.4. The summed E-state index contributed by atoms with van der Waals surface area (Å²) in [7, 11) is 0. The predicted octanol–water partition coefficient (Wildman–Crippen LogP) is 2.27. The number of rotatable bonds is 10. The normalized spacial score (nSPS) is 10.6. The average molecular weight is 320 g/mol. The van der Waals surface area contributed by atoms with E-state index >= 15 is 0 Å². The third kappa shape index (κ3) is 7.72. The number of nitrogens with one attached hydrogen (secondary N) is 1. The highest BCUT2D eigenvalue weighted by Gasteiger charge is 2.17. The first-order valence-corrected chi connectivity index (χ1v) is 8.36. The maximum atomic E-state index is 12.5. The number of unbranched alkanes of at least 4 members (excludes halogenated alkanes) is 2. The molecular formula is C17H28N4O2. The Bertz CT molecular complexity index is 477. The van der Waals surface area contributed by atoms with E-state index in [-0.39, 0.29) is 11.8 Å². The van der Waals surface area contributed by atoms with Gasteiger partial charge in [-0.1, -0.05) is 33.6 Å². The zero-order valence-corrected chi connectivity index (χ0v) is 14.4. The standard InChI is InChI=1S/C17H28N4O2/c1-4-5-6-10-21(11-7-16(22)20-12-14(2)3)17(23)15-13-18-8-9-19-15/h8-9,13-14H,4-7,10-12H2,1-3H3,(H,20,22). The predicted molar refractivity (Wildman–Crippen MR) is 89.9 cm³/mol. The Balaban J connectivity index is 2.58. The van der Waals surface area contributed by atoms with Gasteiger partial charge >= 0.3 is 0 Å². The molecule has 6 heteroatoms. The molecule has 0 aromatic carbocycles. The number of nitrogens with zero attached hydrogens (tertiary/aromatic N) is 3. The van der Waals surface area contributed by atoms with E-state index in [9.17, 15) is 9.59 Å². The number of aromatic nitrogens is 2. The quantitative estimate of drug-likeness (QED) is 0.671. The van der Waals surface area contributed by atoms with Crippen LogP contribution in [0.15, 0.2) is 18.6 Å². The molecule has 0 radical (unpaired) electrons. The van der Waals surface area contributed by atoms with Crippen LogP contribution in [0.5, 0.6) is 0 Å². The van der Waals surface area contributed by atoms with E-state index < -0.39 is 0 Å². The van der Waals surface area contributed by atoms with Crippen LogP contribution in [0, 0.1) is 5.92 Å². The number of carbonyl (C=O) groups is 2. The van der Waals surface area contributed by atoms with Gasteiger partial charge in [0.2, 0.25) is 5.91 Å². The summed E-state index contributed by atoms with van der Waals surface area (Å²) >= 11 is 0. The van der Waals surface area contributed by atoms with Crippen molar-refractivity contribution in [2.24, 2.45) is 5.92 Å². The molecule has 0 fully saturated rings. The molecule has 0 bridgehead atoms. The molecule has 0 atom stereocenters. The monoisotopic (exact) mass is 320 g/mol. The molecule has 1 rings (SSSR count). The second-order valence-electron chi connectivity index (χ2n) is 6.04. The van der Waals surface area contributed by atoms with Crippen LogP contribution in [0.2, 0.25) is 0 Å². The van der Waals surface area contributed by atoms with E-state index in [2.05, 4.69) is 36.1 Å². The topological polar surface area (TPSA) is 75.2 Å². The SMILES string of the molecule is CCCCCN(CCC(=O)NCC(C)C)C(=O)c1cnccn1. The van der Waals surface area contributed by atoms with Crippen molar-refractivity contribution < 1.29 is 9.59 Å². The van der Waals surface area contributed by atoms with Crippen molar-refractivity contribution >= 4 is 11.8 Å². The Morgan fingerprint density at radius 3 is 2.61 bits per heavy atom. The molecule has 1 aromatic heterocycles. The van der Waals surface area contributed by atoms with Gasteiger partial charge in [-0.05, 0) is 12.3 Å². The van der Waals surface area contributed by atoms with E-state index in [4.69, 9.17) is 0 Å². The van der Waals surface area contributed by atoms with Gasteiger partial charge in [0.1, 0.15) is 5.69 Å². The number of amides is 2. The van der Waals surface area contributed by atoms with Crippen LogP contribution < -0.4 is 5.32 Å². The van der Waals surface area contributed by atoms with Gasteiger partial charge < -0.3 is 10.2 Å². The van der Waals surface area contributed by atoms with Crippen LogP contribution in [-0.2, 0) is 4.79 Å². The maximum Gasteiger partial charge on any atom is 0.274 e. The van der Waals surface area contributed by atoms with Crippen molar-refractivity contribution in [2.75, 3.05) is 19.6 Å². The van der Waals surface area contributed by atoms with E-state index in [1.807, 2.05) is 0 Å². The summed E-state index contributed by atoms with van der Waals surface area (Å²) < 4.78 is 0. The minimum absolute atomic E-state index is 0.0221. The maximum absolute atomic E-state index is 12.5. The second-order valence-corrected chi connectivity index (χ2v) is 6.04. The molecule has 23 heavy (non-hydrogen) atoms. The Morgan fingerprint density at radius 2 is 2.00 bits per heavy atom. The fraction of sp³-hybridized carbons (Fsp3) is 0.647. The largest absolute Gasteiger partial charge is 0.356 e. The van der Waals surface area contributed by atoms with Crippen LogP contribution in [-0.4, -0.2) is 46.3 Å². The van der Waals surface area contributed by atoms with Gasteiger partial charge in [0.05, 0.1) is 6.20 Å². The van der Waals surface area contributed by atoms with Crippen molar-refractivity contribution in [3.05, 3.63) is 24.3 Å². The number of carbonyl (C=O) groups excluding carboxylic acids is 2. The molecule has 0 aliphatic rings. The molecular weight excluding hydrogens is 292 g/mol. The third-order valence-corrected chi connectivity index (χ3v) is 3.42. The number of hydrogen-bond donors (Lipinski definition) is 1. The summed E-state index contributed by atoms with van der Waals surface area (Å²) in [4.78, 5) is 34.1. The lowest BCUT2D eigenvalue weighted by atomic mass is 10.2. The van der Waals surface area contributed by atoms with Crippen LogP contribution in [0.3, 0.4) is 0 Å². The molecule has 0 aliphatic heterocycles. The molecule has 0 spiro atoms. The first kappa shape index (κ1) is 19.1. The second kappa shape index (κ2) is 10.7. The van der Waals surface area contributed by atoms with Gasteiger partial charge in [0.15, 0.2) is 0 Å². The fourth-order valence-electron chi connectivity index (χ4n) is 2.08. The van der Waals surface area contributed by atoms with Crippen molar-refractivity contribution in [1.29, 1.82) is 0 Å². The van der Waals surface area contributed by atoms with Gasteiger partial charge in [0.25, 0.3) is 5.91 Å². The van der Waals surface area contributed by atoms with Crippen molar-refractivity contribution in [3.8, 4) is 0 Å². The lowest BCUT2D eigenvalue weighted by Gasteiger charge is -2.22. The fourth-order valence-corrected chi connectivity index (χ4v) is 2.08. The van der Waals surface area contributed by atoms with E-state index in [0.29, 0.717) is 37.7 Å². The highest BCUT2D eigenvalue weighted by atomic mass is 16.2. The molecule has 0 saturated heterocycles. The molecule has 6 nitrogen and oxygen atoms in total. The van der Waals surface area contributed by atoms with Gasteiger partial charge in [-0.3, -0.25) is 14.6 Å². The van der Waals surface area contributed by atoms with E-state index in [1.165, 1.54) is 18.6 Å². The lowest BCUT2D eigenvalue weighted by Crippen LogP contribution is -2.37. The zero-order chi connectivity index (χ0) is 17.1. The summed E-state index contributed by atoms with van der Waals surface area (Å²) in [5.74, 6) is 0.234. The smallest absolute Gasteiger partial charge is 0.274 e. The van der Waals surface area contributed by atoms with E-state index in [1.54, 1.807) is 4.90 Å². The summed E-state index contributed by atoms with van der Waals surface area (Å²) in [5.41, 5.74) is 0.326. The van der Waals surface area contributed by atoms with Crippen LogP contribution in [0.1, 0.15) is 56.9 Å². The molecule has 1 heterocycles. The molecule has 0 aliphatic carbocycles. The Kier molecular flexibility index (Phi) is 8.87. The summed E-state index contributed by atoms with van der Waals surface area (Å²) in [6.07, 6.45) is 7.89. The van der Waals surface area contributed by atoms with Gasteiger partial charge in [-0.15, -0.1) is 0 Å². The minimum Gasteiger partial charge on any atom is -0.356 e. The number of hydrogen-bond acceptors (Lipinski definition) is 4. The van der Waals surface area contributed by atoms with Gasteiger partial charge in [0, 0.05) is 38.4 Å². The highest BCUT2D eigenvalue weighted by molar-refractivity contribution is 5.92. The van der Waals surface area contributed by atoms with Crippen molar-refractivity contribution in [3.63, 3.8) is 0 Å². The summed E-state index contributed by atoms with van der Waals surface area (Å²) in [6, 6.07) is 0. The minimum atomic E-state index is -0.161. The van der Waals surface area contributed by atoms with Gasteiger partial charge in [-0.2, -0.15) is 0 Å². The third-order valence-electron chi connectivity index (χ3n) is 3.42. The average Bonchev–Trinajstić information content (AvgIpc) is 2.56. The molecule has 0 unspecified atom stereocenters. The highest BCUT2D eigenvalue weighted by Crippen LogP contribution is 2.05. The molecule has 128 valence electrons. The first-order valence-electron chi connectivity index (χ1n) is 8.36. The Labute approximate surface area is 138 Å². The first-order chi connectivity index (χ1) is 11.0. The Morgan fingerprint density at radius 1 is 1.22 bits per heavy atom. The summed E-state index contributed by atoms with van der Waals surface area (Å²) in [5, 5.41) is 2.88. The van der Waals surface area contributed by atoms with E-state index in [0.717, 1.165) is 19.3 Å². The van der Waals surface area contributed by atoms with Crippen LogP contribution in [0.4, 0.5) is 0 Å². The molecule has 1 N–H and O–H groups in total. The summed E-state index contributed by atoms with van der Waals surface area (Å²) in [6.45, 7) is 7.93. The molecule has 1 aromatic rings.